The third-order valence-corrected chi connectivity index (χ3v) is 9.16. The molecule has 0 saturated heterocycles. The Bertz CT molecular complexity index is 1770. The van der Waals surface area contributed by atoms with E-state index in [1.165, 1.54) is 45.6 Å². The van der Waals surface area contributed by atoms with E-state index in [0.29, 0.717) is 5.56 Å². The SMILES string of the molecule is COc1cc(C(CC(=O)NCc2ccc(N(C)C)cc2)C2=C(O)[C@@]3(Oc4c(Cl)c(OC)cc(OC)c4C3=O)[C@H](C)CC2=O)ccc1O. The highest BCUT2D eigenvalue weighted by Gasteiger charge is 2.61. The lowest BCUT2D eigenvalue weighted by molar-refractivity contribution is -0.122. The van der Waals surface area contributed by atoms with Gasteiger partial charge >= 0.3 is 0 Å². The number of hydrogen-bond donors (Lipinski definition) is 3. The molecule has 3 atom stereocenters. The quantitative estimate of drug-likeness (QED) is 0.259. The fourth-order valence-electron chi connectivity index (χ4n) is 6.21. The van der Waals surface area contributed by atoms with Crippen LogP contribution in [-0.2, 0) is 16.1 Å². The van der Waals surface area contributed by atoms with Crippen molar-refractivity contribution in [1.82, 2.24) is 5.32 Å². The number of hydrogen-bond acceptors (Lipinski definition) is 10. The second kappa shape index (κ2) is 13.1. The number of rotatable bonds is 10. The number of methoxy groups -OCH3 is 3. The van der Waals surface area contributed by atoms with E-state index in [1.54, 1.807) is 6.92 Å². The van der Waals surface area contributed by atoms with Gasteiger partial charge in [-0.2, -0.15) is 0 Å². The second-order valence-electron chi connectivity index (χ2n) is 11.8. The van der Waals surface area contributed by atoms with Crippen molar-refractivity contribution in [3.05, 3.63) is 81.6 Å². The van der Waals surface area contributed by atoms with Gasteiger partial charge in [-0.1, -0.05) is 36.7 Å². The summed E-state index contributed by atoms with van der Waals surface area (Å²) in [7, 11) is 8.01. The minimum absolute atomic E-state index is 0.00443. The third-order valence-electron chi connectivity index (χ3n) is 8.80. The first-order chi connectivity index (χ1) is 22.4. The number of benzene rings is 3. The Morgan fingerprint density at radius 1 is 1.02 bits per heavy atom. The number of phenols is 1. The number of anilines is 1. The van der Waals surface area contributed by atoms with Crippen molar-refractivity contribution < 1.29 is 43.5 Å². The van der Waals surface area contributed by atoms with Crippen LogP contribution in [0.5, 0.6) is 28.7 Å². The van der Waals surface area contributed by atoms with Crippen molar-refractivity contribution in [2.75, 3.05) is 40.3 Å². The molecule has 2 aliphatic rings. The van der Waals surface area contributed by atoms with Crippen LogP contribution in [0.25, 0.3) is 0 Å². The Labute approximate surface area is 277 Å². The van der Waals surface area contributed by atoms with Gasteiger partial charge in [0.05, 0.1) is 21.3 Å². The Balaban J connectivity index is 1.58. The zero-order valence-electron chi connectivity index (χ0n) is 27.0. The lowest BCUT2D eigenvalue weighted by atomic mass is 9.69. The number of carbonyl (C=O) groups is 3. The maximum atomic E-state index is 14.3. The van der Waals surface area contributed by atoms with Gasteiger partial charge < -0.3 is 39.4 Å². The van der Waals surface area contributed by atoms with Crippen LogP contribution < -0.4 is 29.2 Å². The first-order valence-corrected chi connectivity index (χ1v) is 15.3. The summed E-state index contributed by atoms with van der Waals surface area (Å²) in [5.41, 5.74) is 0.0739. The van der Waals surface area contributed by atoms with Crippen LogP contribution in [0.15, 0.2) is 59.9 Å². The highest BCUT2D eigenvalue weighted by atomic mass is 35.5. The minimum Gasteiger partial charge on any atom is -0.507 e. The molecule has 3 N–H and O–H groups in total. The topological polar surface area (TPSA) is 144 Å². The molecule has 248 valence electrons. The lowest BCUT2D eigenvalue weighted by Crippen LogP contribution is -2.53. The van der Waals surface area contributed by atoms with E-state index < -0.39 is 40.7 Å². The molecular formula is C35H37ClN2O9. The fraction of sp³-hybridized carbons (Fsp3) is 0.343. The first kappa shape index (κ1) is 33.5. The van der Waals surface area contributed by atoms with Crippen LogP contribution in [0.2, 0.25) is 5.02 Å². The molecule has 0 fully saturated rings. The van der Waals surface area contributed by atoms with E-state index in [-0.39, 0.29) is 64.3 Å². The number of amides is 1. The number of aliphatic hydroxyl groups is 1. The van der Waals surface area contributed by atoms with E-state index in [4.69, 9.17) is 30.5 Å². The van der Waals surface area contributed by atoms with Crippen molar-refractivity contribution in [1.29, 1.82) is 0 Å². The Kier molecular flexibility index (Phi) is 9.31. The number of ether oxygens (including phenoxy) is 4. The number of nitrogens with zero attached hydrogens (tertiary/aromatic N) is 1. The smallest absolute Gasteiger partial charge is 0.231 e. The zero-order chi connectivity index (χ0) is 34.2. The summed E-state index contributed by atoms with van der Waals surface area (Å²) in [6.07, 6.45) is -0.458. The summed E-state index contributed by atoms with van der Waals surface area (Å²) in [6.45, 7) is 1.84. The Hall–Kier alpha value is -4.90. The van der Waals surface area contributed by atoms with Crippen LogP contribution in [0.3, 0.4) is 0 Å². The van der Waals surface area contributed by atoms with Gasteiger partial charge in [-0.25, -0.2) is 0 Å². The summed E-state index contributed by atoms with van der Waals surface area (Å²) in [5, 5.41) is 25.3. The number of fused-ring (bicyclic) bond motifs is 1. The number of allylic oxidation sites excluding steroid dienone is 1. The van der Waals surface area contributed by atoms with Gasteiger partial charge in [0.25, 0.3) is 0 Å². The summed E-state index contributed by atoms with van der Waals surface area (Å²) in [5.74, 6) is -3.80. The Morgan fingerprint density at radius 3 is 2.30 bits per heavy atom. The number of carbonyl (C=O) groups excluding carboxylic acids is 3. The van der Waals surface area contributed by atoms with Crippen LogP contribution in [0, 0.1) is 5.92 Å². The summed E-state index contributed by atoms with van der Waals surface area (Å²) in [4.78, 5) is 43.6. The summed E-state index contributed by atoms with van der Waals surface area (Å²) in [6, 6.07) is 13.5. The molecule has 1 aliphatic carbocycles. The van der Waals surface area contributed by atoms with Gasteiger partial charge in [0.2, 0.25) is 17.3 Å². The number of phenolic OH excluding ortho intramolecular Hbond substituents is 1. The molecular weight excluding hydrogens is 628 g/mol. The fourth-order valence-corrected chi connectivity index (χ4v) is 6.47. The van der Waals surface area contributed by atoms with Crippen molar-refractivity contribution in [3.8, 4) is 28.7 Å². The van der Waals surface area contributed by atoms with E-state index in [0.717, 1.165) is 11.3 Å². The highest BCUT2D eigenvalue weighted by Crippen LogP contribution is 2.56. The maximum Gasteiger partial charge on any atom is 0.231 e. The summed E-state index contributed by atoms with van der Waals surface area (Å²) >= 11 is 6.58. The van der Waals surface area contributed by atoms with E-state index in [9.17, 15) is 24.6 Å². The molecule has 0 aromatic heterocycles. The monoisotopic (exact) mass is 664 g/mol. The molecule has 1 aliphatic heterocycles. The number of nitrogens with one attached hydrogen (secondary N) is 1. The van der Waals surface area contributed by atoms with Gasteiger partial charge in [-0.3, -0.25) is 14.4 Å². The minimum atomic E-state index is -2.03. The molecule has 1 amide bonds. The molecule has 3 aromatic rings. The third kappa shape index (κ3) is 5.80. The number of ketones is 2. The maximum absolute atomic E-state index is 14.3. The van der Waals surface area contributed by atoms with Gasteiger partial charge in [0.15, 0.2) is 28.8 Å². The molecule has 47 heavy (non-hydrogen) atoms. The van der Waals surface area contributed by atoms with Crippen molar-refractivity contribution in [2.45, 2.75) is 37.8 Å². The van der Waals surface area contributed by atoms with E-state index >= 15 is 0 Å². The average Bonchev–Trinajstić information content (AvgIpc) is 3.37. The van der Waals surface area contributed by atoms with Gasteiger partial charge in [-0.05, 0) is 35.4 Å². The van der Waals surface area contributed by atoms with Crippen LogP contribution >= 0.6 is 11.6 Å². The van der Waals surface area contributed by atoms with Crippen molar-refractivity contribution in [3.63, 3.8) is 0 Å². The summed E-state index contributed by atoms with van der Waals surface area (Å²) < 4.78 is 22.4. The molecule has 0 saturated carbocycles. The van der Waals surface area contributed by atoms with Crippen LogP contribution in [0.4, 0.5) is 5.69 Å². The number of aliphatic hydroxyl groups excluding tert-OH is 1. The predicted molar refractivity (Wildman–Crippen MR) is 175 cm³/mol. The molecule has 0 bridgehead atoms. The zero-order valence-corrected chi connectivity index (χ0v) is 27.7. The molecule has 0 radical (unpaired) electrons. The van der Waals surface area contributed by atoms with Gasteiger partial charge in [0.1, 0.15) is 22.1 Å². The van der Waals surface area contributed by atoms with Crippen molar-refractivity contribution >= 4 is 34.8 Å². The highest BCUT2D eigenvalue weighted by molar-refractivity contribution is 6.35. The second-order valence-corrected chi connectivity index (χ2v) is 12.2. The number of aromatic hydroxyl groups is 1. The molecule has 5 rings (SSSR count). The molecule has 11 nitrogen and oxygen atoms in total. The molecule has 3 aromatic carbocycles. The van der Waals surface area contributed by atoms with E-state index in [1.807, 2.05) is 43.3 Å². The molecule has 1 spiro atoms. The predicted octanol–water partition coefficient (Wildman–Crippen LogP) is 5.36. The Morgan fingerprint density at radius 2 is 1.68 bits per heavy atom. The molecule has 12 heteroatoms. The lowest BCUT2D eigenvalue weighted by Gasteiger charge is -2.38. The van der Waals surface area contributed by atoms with Crippen LogP contribution in [-0.4, -0.2) is 68.7 Å². The van der Waals surface area contributed by atoms with Gasteiger partial charge in [-0.15, -0.1) is 0 Å². The standard InChI is InChI=1S/C35H37ClN2O9/c1-18-13-24(40)29(33(42)35(18)34(43)30-26(45-5)16-27(46-6)31(36)32(30)47-35)22(20-9-12-23(39)25(14-20)44-4)15-28(41)37-17-19-7-10-21(11-8-19)38(2)3/h7-12,14,16,18,22,39,42H,13,15,17H2,1-6H3,(H,37,41)/t18-,22?,35+/m1/s1. The molecule has 1 heterocycles. The van der Waals surface area contributed by atoms with Crippen molar-refractivity contribution in [2.24, 2.45) is 5.92 Å². The number of Topliss-reactive ketones (excluding diaryl/α,β-unsaturated/α-hetero) is 2. The molecule has 1 unspecified atom stereocenters. The van der Waals surface area contributed by atoms with Crippen LogP contribution in [0.1, 0.15) is 47.2 Å². The normalized spacial score (nSPS) is 19.3. The largest absolute Gasteiger partial charge is 0.507 e. The average molecular weight is 665 g/mol. The number of halogens is 1. The first-order valence-electron chi connectivity index (χ1n) is 14.9. The van der Waals surface area contributed by atoms with E-state index in [2.05, 4.69) is 5.32 Å². The van der Waals surface area contributed by atoms with Gasteiger partial charge in [0, 0.05) is 62.6 Å².